The van der Waals surface area contributed by atoms with E-state index in [2.05, 4.69) is 74.6 Å². The van der Waals surface area contributed by atoms with E-state index in [0.717, 1.165) is 11.1 Å². The lowest BCUT2D eigenvalue weighted by Gasteiger charge is -2.10. The molecule has 0 spiro atoms. The molecule has 0 unspecified atom stereocenters. The van der Waals surface area contributed by atoms with Crippen LogP contribution in [-0.2, 0) is 13.0 Å². The van der Waals surface area contributed by atoms with Crippen LogP contribution in [0.5, 0.6) is 0 Å². The van der Waals surface area contributed by atoms with Gasteiger partial charge in [0.1, 0.15) is 5.82 Å². The average Bonchev–Trinajstić information content (AvgIpc) is 3.37. The summed E-state index contributed by atoms with van der Waals surface area (Å²) in [6.07, 6.45) is 6.43. The van der Waals surface area contributed by atoms with Gasteiger partial charge in [-0.3, -0.25) is 0 Å². The molecule has 0 radical (unpaired) electrons. The molecular formula is C23H22N6. The Kier molecular flexibility index (Phi) is 4.17. The van der Waals surface area contributed by atoms with Gasteiger partial charge in [-0.25, -0.2) is 4.98 Å². The first-order valence-electron chi connectivity index (χ1n) is 9.63. The molecule has 0 fully saturated rings. The van der Waals surface area contributed by atoms with Gasteiger partial charge in [0.2, 0.25) is 5.95 Å². The van der Waals surface area contributed by atoms with Crippen LogP contribution in [0.4, 0.5) is 11.8 Å². The summed E-state index contributed by atoms with van der Waals surface area (Å²) in [6, 6.07) is 14.8. The fourth-order valence-electron chi connectivity index (χ4n) is 3.79. The van der Waals surface area contributed by atoms with Gasteiger partial charge in [-0.05, 0) is 64.7 Å². The van der Waals surface area contributed by atoms with Gasteiger partial charge < -0.3 is 21.0 Å². The number of nitrogens with two attached hydrogens (primary N) is 1. The Bertz CT molecular complexity index is 1310. The number of rotatable bonds is 5. The first-order chi connectivity index (χ1) is 14.2. The Hall–Kier alpha value is -3.80. The van der Waals surface area contributed by atoms with Crippen molar-refractivity contribution in [2.75, 3.05) is 11.1 Å². The van der Waals surface area contributed by atoms with Crippen LogP contribution < -0.4 is 11.1 Å². The van der Waals surface area contributed by atoms with E-state index in [4.69, 9.17) is 5.73 Å². The molecule has 0 aliphatic rings. The fraction of sp³-hybridized carbons (Fsp3) is 0.130. The number of fused-ring (bicyclic) bond motifs is 2. The standard InChI is InChI=1S/C23H22N6/c1-14-8-16(11-18-5-7-26-21(14)18)12-27-23-28-13-19(22(24)29-23)10-15-2-3-20-17(9-15)4-6-25-20/h2-9,11,13,25-26H,10,12H2,1H3,(H3,24,27,28,29). The summed E-state index contributed by atoms with van der Waals surface area (Å²) in [4.78, 5) is 15.4. The molecule has 0 saturated carbocycles. The molecule has 0 amide bonds. The second-order valence-corrected chi connectivity index (χ2v) is 7.39. The molecule has 2 aromatic carbocycles. The van der Waals surface area contributed by atoms with Crippen molar-refractivity contribution in [2.45, 2.75) is 19.9 Å². The monoisotopic (exact) mass is 382 g/mol. The van der Waals surface area contributed by atoms with Crippen molar-refractivity contribution in [1.82, 2.24) is 19.9 Å². The maximum Gasteiger partial charge on any atom is 0.224 e. The highest BCUT2D eigenvalue weighted by Crippen LogP contribution is 2.21. The molecule has 5 rings (SSSR count). The second kappa shape index (κ2) is 6.98. The van der Waals surface area contributed by atoms with Crippen LogP contribution in [0.25, 0.3) is 21.8 Å². The maximum atomic E-state index is 6.21. The van der Waals surface area contributed by atoms with Crippen molar-refractivity contribution in [3.63, 3.8) is 0 Å². The van der Waals surface area contributed by atoms with E-state index in [1.54, 1.807) is 0 Å². The van der Waals surface area contributed by atoms with Crippen LogP contribution in [-0.4, -0.2) is 19.9 Å². The molecule has 3 aromatic heterocycles. The molecule has 0 aliphatic carbocycles. The van der Waals surface area contributed by atoms with Crippen LogP contribution >= 0.6 is 0 Å². The first kappa shape index (κ1) is 17.3. The predicted octanol–water partition coefficient (Wildman–Crippen LogP) is 4.53. The fourth-order valence-corrected chi connectivity index (χ4v) is 3.79. The number of hydrogen-bond donors (Lipinski definition) is 4. The maximum absolute atomic E-state index is 6.21. The topological polar surface area (TPSA) is 95.4 Å². The van der Waals surface area contributed by atoms with Crippen LogP contribution in [0.2, 0.25) is 0 Å². The van der Waals surface area contributed by atoms with Crippen molar-refractivity contribution >= 4 is 33.6 Å². The highest BCUT2D eigenvalue weighted by Gasteiger charge is 2.08. The number of aromatic amines is 2. The molecule has 144 valence electrons. The molecule has 29 heavy (non-hydrogen) atoms. The van der Waals surface area contributed by atoms with Gasteiger partial charge in [0, 0.05) is 48.2 Å². The highest BCUT2D eigenvalue weighted by molar-refractivity contribution is 5.83. The Labute approximate surface area is 168 Å². The molecule has 3 heterocycles. The molecule has 6 nitrogen and oxygen atoms in total. The molecule has 6 heteroatoms. The number of hydrogen-bond acceptors (Lipinski definition) is 4. The number of aryl methyl sites for hydroxylation is 1. The van der Waals surface area contributed by atoms with Crippen molar-refractivity contribution < 1.29 is 0 Å². The summed E-state index contributed by atoms with van der Waals surface area (Å²) < 4.78 is 0. The predicted molar refractivity (Wildman–Crippen MR) is 118 cm³/mol. The third-order valence-electron chi connectivity index (χ3n) is 5.28. The summed E-state index contributed by atoms with van der Waals surface area (Å²) in [5.74, 6) is 1.05. The molecular weight excluding hydrogens is 360 g/mol. The number of benzene rings is 2. The zero-order valence-electron chi connectivity index (χ0n) is 16.2. The van der Waals surface area contributed by atoms with Crippen LogP contribution in [0.15, 0.2) is 61.1 Å². The van der Waals surface area contributed by atoms with E-state index in [-0.39, 0.29) is 0 Å². The van der Waals surface area contributed by atoms with Gasteiger partial charge in [0.05, 0.1) is 0 Å². The van der Waals surface area contributed by atoms with Crippen molar-refractivity contribution in [2.24, 2.45) is 0 Å². The molecule has 0 saturated heterocycles. The zero-order chi connectivity index (χ0) is 19.8. The quantitative estimate of drug-likeness (QED) is 0.359. The number of nitrogens with one attached hydrogen (secondary N) is 3. The minimum Gasteiger partial charge on any atom is -0.383 e. The molecule has 0 bridgehead atoms. The summed E-state index contributed by atoms with van der Waals surface area (Å²) in [5.41, 5.74) is 13.0. The number of nitrogen functional groups attached to an aromatic ring is 1. The Morgan fingerprint density at radius 3 is 2.69 bits per heavy atom. The summed E-state index contributed by atoms with van der Waals surface area (Å²) >= 11 is 0. The van der Waals surface area contributed by atoms with Crippen LogP contribution in [0, 0.1) is 6.92 Å². The van der Waals surface area contributed by atoms with E-state index in [9.17, 15) is 0 Å². The minimum atomic E-state index is 0.508. The number of anilines is 2. The lowest BCUT2D eigenvalue weighted by molar-refractivity contribution is 1.03. The molecule has 0 aliphatic heterocycles. The average molecular weight is 382 g/mol. The van der Waals surface area contributed by atoms with Gasteiger partial charge in [-0.15, -0.1) is 0 Å². The normalized spacial score (nSPS) is 11.3. The smallest absolute Gasteiger partial charge is 0.224 e. The van der Waals surface area contributed by atoms with Crippen molar-refractivity contribution in [3.8, 4) is 0 Å². The van der Waals surface area contributed by atoms with Gasteiger partial charge in [0.15, 0.2) is 0 Å². The number of nitrogens with zero attached hydrogens (tertiary/aromatic N) is 2. The Balaban J connectivity index is 1.30. The number of aromatic nitrogens is 4. The van der Waals surface area contributed by atoms with Gasteiger partial charge in [-0.1, -0.05) is 12.1 Å². The summed E-state index contributed by atoms with van der Waals surface area (Å²) in [5, 5.41) is 5.68. The lowest BCUT2D eigenvalue weighted by Crippen LogP contribution is -2.07. The lowest BCUT2D eigenvalue weighted by atomic mass is 10.1. The van der Waals surface area contributed by atoms with Crippen LogP contribution in [0.1, 0.15) is 22.3 Å². The van der Waals surface area contributed by atoms with E-state index in [0.29, 0.717) is 24.7 Å². The third kappa shape index (κ3) is 3.40. The summed E-state index contributed by atoms with van der Waals surface area (Å²) in [7, 11) is 0. The van der Waals surface area contributed by atoms with Crippen molar-refractivity contribution in [3.05, 3.63) is 83.3 Å². The Morgan fingerprint density at radius 2 is 1.79 bits per heavy atom. The van der Waals surface area contributed by atoms with Gasteiger partial charge in [0.25, 0.3) is 0 Å². The second-order valence-electron chi connectivity index (χ2n) is 7.39. The summed E-state index contributed by atoms with van der Waals surface area (Å²) in [6.45, 7) is 2.75. The van der Waals surface area contributed by atoms with Crippen molar-refractivity contribution in [1.29, 1.82) is 0 Å². The van der Waals surface area contributed by atoms with E-state index in [1.165, 1.54) is 33.0 Å². The molecule has 0 atom stereocenters. The first-order valence-corrected chi connectivity index (χ1v) is 9.63. The Morgan fingerprint density at radius 1 is 0.966 bits per heavy atom. The number of H-pyrrole nitrogens is 2. The van der Waals surface area contributed by atoms with E-state index in [1.807, 2.05) is 18.6 Å². The molecule has 5 aromatic rings. The highest BCUT2D eigenvalue weighted by atomic mass is 15.1. The third-order valence-corrected chi connectivity index (χ3v) is 5.28. The molecule has 5 N–H and O–H groups in total. The zero-order valence-corrected chi connectivity index (χ0v) is 16.2. The van der Waals surface area contributed by atoms with E-state index >= 15 is 0 Å². The minimum absolute atomic E-state index is 0.508. The van der Waals surface area contributed by atoms with Crippen LogP contribution in [0.3, 0.4) is 0 Å². The largest absolute Gasteiger partial charge is 0.383 e. The van der Waals surface area contributed by atoms with Gasteiger partial charge >= 0.3 is 0 Å². The SMILES string of the molecule is Cc1cc(CNc2ncc(Cc3ccc4[nH]ccc4c3)c(N)n2)cc2cc[nH]c12. The van der Waals surface area contributed by atoms with Gasteiger partial charge in [-0.2, -0.15) is 4.98 Å². The van der Waals surface area contributed by atoms with E-state index < -0.39 is 0 Å².